The summed E-state index contributed by atoms with van der Waals surface area (Å²) in [7, 11) is 0. The first-order chi connectivity index (χ1) is 10.2. The zero-order chi connectivity index (χ0) is 14.8. The Balaban J connectivity index is 2.14. The van der Waals surface area contributed by atoms with Crippen LogP contribution in [-0.4, -0.2) is 37.6 Å². The minimum Gasteiger partial charge on any atom is -0.368 e. The van der Waals surface area contributed by atoms with Crippen molar-refractivity contribution in [2.75, 3.05) is 23.7 Å². The number of benzene rings is 1. The molecule has 0 unspecified atom stereocenters. The third-order valence-corrected chi connectivity index (χ3v) is 3.34. The fraction of sp³-hybridized carbons (Fsp3) is 0.286. The van der Waals surface area contributed by atoms with E-state index in [0.717, 1.165) is 24.1 Å². The zero-order valence-electron chi connectivity index (χ0n) is 12.1. The van der Waals surface area contributed by atoms with Gasteiger partial charge in [0.05, 0.1) is 11.0 Å². The number of aromatic nitrogens is 5. The van der Waals surface area contributed by atoms with E-state index in [9.17, 15) is 0 Å². The summed E-state index contributed by atoms with van der Waals surface area (Å²) in [5.74, 6) is 1.28. The molecule has 0 bridgehead atoms. The number of hydrogen-bond donors (Lipinski definition) is 1. The lowest BCUT2D eigenvalue weighted by Crippen LogP contribution is -2.25. The van der Waals surface area contributed by atoms with Crippen molar-refractivity contribution in [3.63, 3.8) is 0 Å². The molecule has 0 aliphatic carbocycles. The number of nitrogen functional groups attached to an aromatic ring is 1. The van der Waals surface area contributed by atoms with Crippen LogP contribution in [0.1, 0.15) is 13.8 Å². The highest BCUT2D eigenvalue weighted by Gasteiger charge is 2.12. The van der Waals surface area contributed by atoms with Crippen LogP contribution in [0.2, 0.25) is 0 Å². The molecular formula is C14H17N7. The Kier molecular flexibility index (Phi) is 3.39. The molecule has 0 saturated heterocycles. The van der Waals surface area contributed by atoms with E-state index >= 15 is 0 Å². The van der Waals surface area contributed by atoms with E-state index in [-0.39, 0.29) is 5.95 Å². The minimum absolute atomic E-state index is 0.208. The maximum Gasteiger partial charge on any atom is 0.242 e. The van der Waals surface area contributed by atoms with Crippen molar-refractivity contribution < 1.29 is 0 Å². The monoisotopic (exact) mass is 283 g/mol. The molecule has 2 aromatic heterocycles. The van der Waals surface area contributed by atoms with E-state index in [1.807, 2.05) is 33.7 Å². The summed E-state index contributed by atoms with van der Waals surface area (Å²) in [5, 5.41) is 0. The number of fused-ring (bicyclic) bond motifs is 1. The molecule has 0 aliphatic heterocycles. The van der Waals surface area contributed by atoms with Crippen LogP contribution in [0.3, 0.4) is 0 Å². The molecule has 2 N–H and O–H groups in total. The van der Waals surface area contributed by atoms with Gasteiger partial charge in [0.2, 0.25) is 17.8 Å². The molecule has 21 heavy (non-hydrogen) atoms. The molecule has 0 aliphatic rings. The van der Waals surface area contributed by atoms with Gasteiger partial charge in [0.15, 0.2) is 0 Å². The largest absolute Gasteiger partial charge is 0.368 e. The third-order valence-electron chi connectivity index (χ3n) is 3.34. The lowest BCUT2D eigenvalue weighted by molar-refractivity contribution is 0.800. The SMILES string of the molecule is CCN(CC)c1nc(N)nc(-n2cnc3ccccc32)n1. The highest BCUT2D eigenvalue weighted by Crippen LogP contribution is 2.17. The molecule has 3 rings (SSSR count). The molecule has 3 aromatic rings. The first-order valence-corrected chi connectivity index (χ1v) is 6.92. The quantitative estimate of drug-likeness (QED) is 0.783. The Morgan fingerprint density at radius 1 is 1.10 bits per heavy atom. The summed E-state index contributed by atoms with van der Waals surface area (Å²) in [6.07, 6.45) is 1.70. The summed E-state index contributed by atoms with van der Waals surface area (Å²) in [5.41, 5.74) is 7.66. The number of hydrogen-bond acceptors (Lipinski definition) is 6. The van der Waals surface area contributed by atoms with E-state index in [2.05, 4.69) is 33.8 Å². The smallest absolute Gasteiger partial charge is 0.242 e. The molecule has 108 valence electrons. The second kappa shape index (κ2) is 5.35. The predicted octanol–water partition coefficient (Wildman–Crippen LogP) is 1.64. The summed E-state index contributed by atoms with van der Waals surface area (Å²) >= 11 is 0. The van der Waals surface area contributed by atoms with E-state index in [1.165, 1.54) is 0 Å². The van der Waals surface area contributed by atoms with Crippen molar-refractivity contribution in [1.29, 1.82) is 0 Å². The van der Waals surface area contributed by atoms with Gasteiger partial charge in [-0.15, -0.1) is 0 Å². The molecular weight excluding hydrogens is 266 g/mol. The van der Waals surface area contributed by atoms with E-state index in [0.29, 0.717) is 11.9 Å². The lowest BCUT2D eigenvalue weighted by atomic mass is 10.3. The molecule has 0 amide bonds. The molecule has 2 heterocycles. The Morgan fingerprint density at radius 3 is 2.62 bits per heavy atom. The van der Waals surface area contributed by atoms with Gasteiger partial charge >= 0.3 is 0 Å². The van der Waals surface area contributed by atoms with Gasteiger partial charge in [-0.2, -0.15) is 15.0 Å². The average molecular weight is 283 g/mol. The number of rotatable bonds is 4. The molecule has 0 saturated carbocycles. The van der Waals surface area contributed by atoms with Crippen LogP contribution in [-0.2, 0) is 0 Å². The Hall–Kier alpha value is -2.70. The topological polar surface area (TPSA) is 85.8 Å². The van der Waals surface area contributed by atoms with Crippen LogP contribution < -0.4 is 10.6 Å². The predicted molar refractivity (Wildman–Crippen MR) is 82.4 cm³/mol. The first-order valence-electron chi connectivity index (χ1n) is 6.92. The number of para-hydroxylation sites is 2. The number of nitrogens with zero attached hydrogens (tertiary/aromatic N) is 6. The normalized spacial score (nSPS) is 11.0. The second-order valence-electron chi connectivity index (χ2n) is 4.57. The van der Waals surface area contributed by atoms with Crippen LogP contribution in [0, 0.1) is 0 Å². The zero-order valence-corrected chi connectivity index (χ0v) is 12.1. The average Bonchev–Trinajstić information content (AvgIpc) is 2.92. The lowest BCUT2D eigenvalue weighted by Gasteiger charge is -2.18. The molecule has 0 radical (unpaired) electrons. The third kappa shape index (κ3) is 2.37. The number of nitrogens with two attached hydrogens (primary N) is 1. The number of anilines is 2. The van der Waals surface area contributed by atoms with Gasteiger partial charge < -0.3 is 10.6 Å². The highest BCUT2D eigenvalue weighted by atomic mass is 15.3. The van der Waals surface area contributed by atoms with Crippen LogP contribution in [0.15, 0.2) is 30.6 Å². The standard InChI is InChI=1S/C14H17N7/c1-3-20(4-2)13-17-12(15)18-14(19-13)21-9-16-10-7-5-6-8-11(10)21/h5-9H,3-4H2,1-2H3,(H2,15,17,18,19). The Labute approximate surface area is 122 Å². The fourth-order valence-corrected chi connectivity index (χ4v) is 2.24. The number of imidazole rings is 1. The second-order valence-corrected chi connectivity index (χ2v) is 4.57. The van der Waals surface area contributed by atoms with E-state index < -0.39 is 0 Å². The van der Waals surface area contributed by atoms with Gasteiger partial charge in [-0.25, -0.2) is 4.98 Å². The Bertz CT molecular complexity index is 761. The summed E-state index contributed by atoms with van der Waals surface area (Å²) < 4.78 is 1.82. The maximum atomic E-state index is 5.83. The van der Waals surface area contributed by atoms with E-state index in [1.54, 1.807) is 6.33 Å². The van der Waals surface area contributed by atoms with Gasteiger partial charge in [-0.3, -0.25) is 4.57 Å². The van der Waals surface area contributed by atoms with Crippen molar-refractivity contribution in [3.05, 3.63) is 30.6 Å². The highest BCUT2D eigenvalue weighted by molar-refractivity contribution is 5.76. The fourth-order valence-electron chi connectivity index (χ4n) is 2.24. The van der Waals surface area contributed by atoms with Gasteiger partial charge in [0.1, 0.15) is 6.33 Å². The van der Waals surface area contributed by atoms with Crippen molar-refractivity contribution in [3.8, 4) is 5.95 Å². The van der Waals surface area contributed by atoms with Crippen molar-refractivity contribution in [2.24, 2.45) is 0 Å². The van der Waals surface area contributed by atoms with Crippen molar-refractivity contribution in [1.82, 2.24) is 24.5 Å². The molecule has 7 nitrogen and oxygen atoms in total. The summed E-state index contributed by atoms with van der Waals surface area (Å²) in [6.45, 7) is 5.72. The van der Waals surface area contributed by atoms with Gasteiger partial charge in [-0.1, -0.05) is 12.1 Å². The van der Waals surface area contributed by atoms with Crippen molar-refractivity contribution >= 4 is 22.9 Å². The van der Waals surface area contributed by atoms with Gasteiger partial charge in [0, 0.05) is 13.1 Å². The Morgan fingerprint density at radius 2 is 1.86 bits per heavy atom. The van der Waals surface area contributed by atoms with Gasteiger partial charge in [-0.05, 0) is 26.0 Å². The summed E-state index contributed by atoms with van der Waals surface area (Å²) in [6, 6.07) is 7.82. The van der Waals surface area contributed by atoms with Gasteiger partial charge in [0.25, 0.3) is 0 Å². The molecule has 7 heteroatoms. The van der Waals surface area contributed by atoms with E-state index in [4.69, 9.17) is 5.73 Å². The van der Waals surface area contributed by atoms with Crippen LogP contribution in [0.5, 0.6) is 0 Å². The minimum atomic E-state index is 0.208. The first kappa shape index (κ1) is 13.3. The molecule has 0 spiro atoms. The molecule has 1 aromatic carbocycles. The summed E-state index contributed by atoms with van der Waals surface area (Å²) in [4.78, 5) is 19.3. The van der Waals surface area contributed by atoms with Crippen LogP contribution >= 0.6 is 0 Å². The molecule has 0 fully saturated rings. The van der Waals surface area contributed by atoms with Crippen LogP contribution in [0.25, 0.3) is 17.0 Å². The van der Waals surface area contributed by atoms with Crippen LogP contribution in [0.4, 0.5) is 11.9 Å². The van der Waals surface area contributed by atoms with Crippen molar-refractivity contribution in [2.45, 2.75) is 13.8 Å². The molecule has 0 atom stereocenters. The maximum absolute atomic E-state index is 5.83.